The number of allylic oxidation sites excluding steroid dienone is 2. The van der Waals surface area contributed by atoms with Crippen LogP contribution in [0.1, 0.15) is 25.7 Å². The third-order valence-corrected chi connectivity index (χ3v) is 2.25. The standard InChI is InChI=1S/C8H15OSi/c1-10(2)9-8-6-4-3-5-7-8/h6H,3-5,7H2,1-2H3. The van der Waals surface area contributed by atoms with E-state index < -0.39 is 9.04 Å². The summed E-state index contributed by atoms with van der Waals surface area (Å²) in [6.07, 6.45) is 7.32. The Kier molecular flexibility index (Phi) is 3.00. The van der Waals surface area contributed by atoms with E-state index in [2.05, 4.69) is 19.2 Å². The van der Waals surface area contributed by atoms with Crippen LogP contribution in [0.15, 0.2) is 11.8 Å². The fourth-order valence-electron chi connectivity index (χ4n) is 1.16. The van der Waals surface area contributed by atoms with Crippen molar-refractivity contribution >= 4 is 9.04 Å². The Hall–Kier alpha value is -0.243. The van der Waals surface area contributed by atoms with Crippen LogP contribution in [0.5, 0.6) is 0 Å². The van der Waals surface area contributed by atoms with Crippen molar-refractivity contribution < 1.29 is 4.43 Å². The van der Waals surface area contributed by atoms with Crippen LogP contribution in [0.3, 0.4) is 0 Å². The van der Waals surface area contributed by atoms with E-state index in [-0.39, 0.29) is 0 Å². The van der Waals surface area contributed by atoms with Gasteiger partial charge in [0, 0.05) is 6.42 Å². The summed E-state index contributed by atoms with van der Waals surface area (Å²) in [6, 6.07) is 0. The summed E-state index contributed by atoms with van der Waals surface area (Å²) in [5, 5.41) is 0. The predicted octanol–water partition coefficient (Wildman–Crippen LogP) is 2.71. The molecule has 0 aromatic heterocycles. The molecule has 2 heteroatoms. The van der Waals surface area contributed by atoms with Crippen LogP contribution < -0.4 is 0 Å². The fourth-order valence-corrected chi connectivity index (χ4v) is 1.87. The van der Waals surface area contributed by atoms with Crippen molar-refractivity contribution in [2.45, 2.75) is 38.8 Å². The van der Waals surface area contributed by atoms with Crippen molar-refractivity contribution in [1.29, 1.82) is 0 Å². The molecule has 0 fully saturated rings. The van der Waals surface area contributed by atoms with Gasteiger partial charge < -0.3 is 4.43 Å². The lowest BCUT2D eigenvalue weighted by Crippen LogP contribution is -2.08. The van der Waals surface area contributed by atoms with Crippen LogP contribution in [0, 0.1) is 0 Å². The molecule has 1 radical (unpaired) electrons. The largest absolute Gasteiger partial charge is 0.546 e. The SMILES string of the molecule is C[Si](C)OC1=CCCCC1. The van der Waals surface area contributed by atoms with Crippen molar-refractivity contribution in [3.63, 3.8) is 0 Å². The van der Waals surface area contributed by atoms with Gasteiger partial charge in [-0.25, -0.2) is 0 Å². The topological polar surface area (TPSA) is 9.23 Å². The van der Waals surface area contributed by atoms with Gasteiger partial charge in [0.15, 0.2) is 0 Å². The van der Waals surface area contributed by atoms with E-state index >= 15 is 0 Å². The molecular formula is C8H15OSi. The van der Waals surface area contributed by atoms with Gasteiger partial charge in [0.2, 0.25) is 0 Å². The van der Waals surface area contributed by atoms with Crippen LogP contribution >= 0.6 is 0 Å². The fraction of sp³-hybridized carbons (Fsp3) is 0.750. The minimum atomic E-state index is -0.502. The van der Waals surface area contributed by atoms with Crippen molar-refractivity contribution in [3.05, 3.63) is 11.8 Å². The lowest BCUT2D eigenvalue weighted by Gasteiger charge is -2.15. The molecule has 1 rings (SSSR count). The molecule has 0 saturated heterocycles. The van der Waals surface area contributed by atoms with E-state index in [1.54, 1.807) is 0 Å². The minimum absolute atomic E-state index is 0.502. The maximum atomic E-state index is 5.65. The third-order valence-electron chi connectivity index (χ3n) is 1.58. The summed E-state index contributed by atoms with van der Waals surface area (Å²) in [4.78, 5) is 0. The molecule has 0 bridgehead atoms. The van der Waals surface area contributed by atoms with Gasteiger partial charge in [-0.05, 0) is 38.4 Å². The normalized spacial score (nSPS) is 18.9. The van der Waals surface area contributed by atoms with Gasteiger partial charge >= 0.3 is 0 Å². The van der Waals surface area contributed by atoms with Crippen molar-refractivity contribution in [2.75, 3.05) is 0 Å². The summed E-state index contributed by atoms with van der Waals surface area (Å²) in [6.45, 7) is 4.36. The van der Waals surface area contributed by atoms with Gasteiger partial charge in [-0.2, -0.15) is 0 Å². The van der Waals surface area contributed by atoms with Crippen LogP contribution in [0.2, 0.25) is 13.1 Å². The van der Waals surface area contributed by atoms with E-state index in [1.807, 2.05) is 0 Å². The number of rotatable bonds is 2. The Bertz CT molecular complexity index is 129. The Morgan fingerprint density at radius 1 is 1.40 bits per heavy atom. The molecule has 10 heavy (non-hydrogen) atoms. The molecule has 0 spiro atoms. The monoisotopic (exact) mass is 155 g/mol. The maximum absolute atomic E-state index is 5.65. The molecule has 1 aliphatic carbocycles. The zero-order chi connectivity index (χ0) is 7.40. The quantitative estimate of drug-likeness (QED) is 0.557. The smallest absolute Gasteiger partial charge is 0.273 e. The van der Waals surface area contributed by atoms with Gasteiger partial charge in [0.05, 0.1) is 5.76 Å². The molecule has 1 aliphatic rings. The molecule has 1 nitrogen and oxygen atoms in total. The first-order valence-corrected chi connectivity index (χ1v) is 6.37. The Labute approximate surface area is 64.8 Å². The Balaban J connectivity index is 2.31. The average Bonchev–Trinajstić information content (AvgIpc) is 1.88. The second-order valence-electron chi connectivity index (χ2n) is 2.93. The summed E-state index contributed by atoms with van der Waals surface area (Å²) >= 11 is 0. The van der Waals surface area contributed by atoms with E-state index in [1.165, 1.54) is 31.4 Å². The highest BCUT2D eigenvalue weighted by Gasteiger charge is 2.06. The zero-order valence-corrected chi connectivity index (χ0v) is 7.81. The zero-order valence-electron chi connectivity index (χ0n) is 6.81. The highest BCUT2D eigenvalue weighted by molar-refractivity contribution is 6.48. The summed E-state index contributed by atoms with van der Waals surface area (Å²) in [5.74, 6) is 1.25. The van der Waals surface area contributed by atoms with Gasteiger partial charge in [-0.3, -0.25) is 0 Å². The van der Waals surface area contributed by atoms with E-state index in [0.717, 1.165) is 0 Å². The number of hydrogen-bond donors (Lipinski definition) is 0. The molecule has 0 unspecified atom stereocenters. The summed E-state index contributed by atoms with van der Waals surface area (Å²) in [7, 11) is -0.502. The first kappa shape index (κ1) is 7.86. The minimum Gasteiger partial charge on any atom is -0.546 e. The van der Waals surface area contributed by atoms with Crippen LogP contribution in [-0.2, 0) is 4.43 Å². The van der Waals surface area contributed by atoms with Gasteiger partial charge in [0.25, 0.3) is 9.04 Å². The van der Waals surface area contributed by atoms with Gasteiger partial charge in [0.1, 0.15) is 0 Å². The molecule has 0 aromatic carbocycles. The molecule has 0 saturated carbocycles. The Morgan fingerprint density at radius 3 is 2.70 bits per heavy atom. The average molecular weight is 155 g/mol. The molecule has 0 atom stereocenters. The second-order valence-corrected chi connectivity index (χ2v) is 4.95. The molecule has 0 amide bonds. The van der Waals surface area contributed by atoms with E-state index in [9.17, 15) is 0 Å². The van der Waals surface area contributed by atoms with Crippen LogP contribution in [-0.4, -0.2) is 9.04 Å². The predicted molar refractivity (Wildman–Crippen MR) is 45.1 cm³/mol. The first-order chi connectivity index (χ1) is 4.79. The number of hydrogen-bond acceptors (Lipinski definition) is 1. The van der Waals surface area contributed by atoms with Gasteiger partial charge in [-0.15, -0.1) is 0 Å². The highest BCUT2D eigenvalue weighted by atomic mass is 28.3. The molecule has 57 valence electrons. The molecule has 0 N–H and O–H groups in total. The summed E-state index contributed by atoms with van der Waals surface area (Å²) < 4.78 is 5.65. The lowest BCUT2D eigenvalue weighted by molar-refractivity contribution is 0.395. The second kappa shape index (κ2) is 3.81. The van der Waals surface area contributed by atoms with Crippen molar-refractivity contribution in [1.82, 2.24) is 0 Å². The Morgan fingerprint density at radius 2 is 2.20 bits per heavy atom. The molecule has 0 aliphatic heterocycles. The molecular weight excluding hydrogens is 140 g/mol. The highest BCUT2D eigenvalue weighted by Crippen LogP contribution is 2.18. The molecule has 0 heterocycles. The third kappa shape index (κ3) is 2.56. The van der Waals surface area contributed by atoms with Crippen LogP contribution in [0.25, 0.3) is 0 Å². The summed E-state index contributed by atoms with van der Waals surface area (Å²) in [5.41, 5.74) is 0. The van der Waals surface area contributed by atoms with Crippen LogP contribution in [0.4, 0.5) is 0 Å². The molecule has 0 aromatic rings. The van der Waals surface area contributed by atoms with E-state index in [0.29, 0.717) is 0 Å². The maximum Gasteiger partial charge on any atom is 0.273 e. The van der Waals surface area contributed by atoms with Crippen molar-refractivity contribution in [3.8, 4) is 0 Å². The lowest BCUT2D eigenvalue weighted by atomic mass is 10.1. The van der Waals surface area contributed by atoms with E-state index in [4.69, 9.17) is 4.43 Å². The van der Waals surface area contributed by atoms with Gasteiger partial charge in [-0.1, -0.05) is 0 Å². The first-order valence-electron chi connectivity index (χ1n) is 3.96. The van der Waals surface area contributed by atoms with Crippen molar-refractivity contribution in [2.24, 2.45) is 0 Å².